The van der Waals surface area contributed by atoms with E-state index in [2.05, 4.69) is 16.0 Å². The maximum Gasteiger partial charge on any atom is 0.338 e. The lowest BCUT2D eigenvalue weighted by atomic mass is 9.95. The summed E-state index contributed by atoms with van der Waals surface area (Å²) >= 11 is 0. The molecule has 7 nitrogen and oxygen atoms in total. The fraction of sp³-hybridized carbons (Fsp3) is 0.444. The Morgan fingerprint density at radius 2 is 2.04 bits per heavy atom. The Morgan fingerprint density at radius 1 is 1.28 bits per heavy atom. The summed E-state index contributed by atoms with van der Waals surface area (Å²) in [6.45, 7) is 3.76. The first-order valence-electron chi connectivity index (χ1n) is 8.39. The fourth-order valence-electron chi connectivity index (χ4n) is 2.66. The van der Waals surface area contributed by atoms with Crippen LogP contribution in [0.1, 0.15) is 24.9 Å². The molecule has 1 aliphatic rings. The van der Waals surface area contributed by atoms with Crippen molar-refractivity contribution in [1.82, 2.24) is 16.0 Å². The van der Waals surface area contributed by atoms with Gasteiger partial charge < -0.3 is 25.4 Å². The molecule has 25 heavy (non-hydrogen) atoms. The van der Waals surface area contributed by atoms with Crippen molar-refractivity contribution in [2.75, 3.05) is 33.4 Å². The van der Waals surface area contributed by atoms with Crippen molar-refractivity contribution < 1.29 is 19.1 Å². The van der Waals surface area contributed by atoms with Crippen molar-refractivity contribution in [2.24, 2.45) is 0 Å². The monoisotopic (exact) mass is 347 g/mol. The second kappa shape index (κ2) is 9.80. The van der Waals surface area contributed by atoms with Crippen LogP contribution in [0.2, 0.25) is 0 Å². The molecular formula is C18H25N3O4. The zero-order valence-electron chi connectivity index (χ0n) is 14.6. The Bertz CT molecular complexity index is 616. The van der Waals surface area contributed by atoms with Gasteiger partial charge in [0.05, 0.1) is 18.2 Å². The van der Waals surface area contributed by atoms with E-state index in [-0.39, 0.29) is 12.6 Å². The van der Waals surface area contributed by atoms with Crippen LogP contribution >= 0.6 is 0 Å². The maximum atomic E-state index is 12.5. The Kier molecular flexibility index (Phi) is 7.43. The predicted molar refractivity (Wildman–Crippen MR) is 93.9 cm³/mol. The molecule has 2 amide bonds. The summed E-state index contributed by atoms with van der Waals surface area (Å²) in [6, 6.07) is 8.50. The smallest absolute Gasteiger partial charge is 0.338 e. The molecule has 1 aromatic carbocycles. The van der Waals surface area contributed by atoms with Gasteiger partial charge in [-0.25, -0.2) is 9.59 Å². The Balaban J connectivity index is 2.25. The van der Waals surface area contributed by atoms with Crippen LogP contribution in [0.15, 0.2) is 41.6 Å². The van der Waals surface area contributed by atoms with Crippen LogP contribution in [0.4, 0.5) is 4.79 Å². The van der Waals surface area contributed by atoms with Gasteiger partial charge in [0.25, 0.3) is 0 Å². The van der Waals surface area contributed by atoms with Gasteiger partial charge in [-0.05, 0) is 25.5 Å². The number of carbonyl (C=O) groups is 2. The average molecular weight is 347 g/mol. The molecule has 0 radical (unpaired) electrons. The normalized spacial score (nSPS) is 17.0. The Hall–Kier alpha value is -2.38. The first kappa shape index (κ1) is 19.0. The first-order valence-corrected chi connectivity index (χ1v) is 8.39. The highest BCUT2D eigenvalue weighted by atomic mass is 16.5. The number of methoxy groups -OCH3 is 1. The lowest BCUT2D eigenvalue weighted by Crippen LogP contribution is -2.48. The molecule has 1 heterocycles. The minimum Gasteiger partial charge on any atom is -0.463 e. The number of ether oxygens (including phenoxy) is 2. The molecule has 3 N–H and O–H groups in total. The first-order chi connectivity index (χ1) is 12.2. The quantitative estimate of drug-likeness (QED) is 0.465. The van der Waals surface area contributed by atoms with Gasteiger partial charge in [0, 0.05) is 26.0 Å². The van der Waals surface area contributed by atoms with Gasteiger partial charge in [-0.1, -0.05) is 30.3 Å². The van der Waals surface area contributed by atoms with Crippen LogP contribution < -0.4 is 16.0 Å². The molecule has 0 saturated heterocycles. The van der Waals surface area contributed by atoms with Crippen molar-refractivity contribution in [1.29, 1.82) is 0 Å². The van der Waals surface area contributed by atoms with Gasteiger partial charge in [0.2, 0.25) is 0 Å². The zero-order chi connectivity index (χ0) is 18.1. The lowest BCUT2D eigenvalue weighted by Gasteiger charge is -2.29. The van der Waals surface area contributed by atoms with Gasteiger partial charge in [-0.2, -0.15) is 0 Å². The molecule has 0 saturated carbocycles. The minimum atomic E-state index is -0.537. The molecule has 136 valence electrons. The molecule has 0 bridgehead atoms. The number of esters is 1. The van der Waals surface area contributed by atoms with Crippen molar-refractivity contribution in [3.05, 3.63) is 47.2 Å². The third-order valence-corrected chi connectivity index (χ3v) is 3.79. The molecule has 0 spiro atoms. The summed E-state index contributed by atoms with van der Waals surface area (Å²) in [5.41, 5.74) is 1.79. The molecular weight excluding hydrogens is 322 g/mol. The van der Waals surface area contributed by atoms with Crippen LogP contribution in [-0.2, 0) is 14.3 Å². The molecule has 1 unspecified atom stereocenters. The summed E-state index contributed by atoms with van der Waals surface area (Å²) in [6.07, 6.45) is 0.840. The summed E-state index contributed by atoms with van der Waals surface area (Å²) in [5.74, 6) is -0.433. The Morgan fingerprint density at radius 3 is 2.72 bits per heavy atom. The van der Waals surface area contributed by atoms with Crippen LogP contribution in [0.3, 0.4) is 0 Å². The number of rotatable bonds is 9. The van der Waals surface area contributed by atoms with E-state index in [1.54, 1.807) is 14.0 Å². The molecule has 0 aliphatic carbocycles. The summed E-state index contributed by atoms with van der Waals surface area (Å²) < 4.78 is 10.2. The number of hydrogen-bond donors (Lipinski definition) is 3. The second-order valence-corrected chi connectivity index (χ2v) is 5.58. The van der Waals surface area contributed by atoms with Gasteiger partial charge in [0.1, 0.15) is 0 Å². The standard InChI is InChI=1S/C18H25N3O4/c1-3-25-17(22)15-14(12-19-10-7-11-24-2)20-18(23)21-16(15)13-8-5-4-6-9-13/h4-6,8-9,16,19H,3,7,10-12H2,1-2H3,(H2,20,21,23). The second-order valence-electron chi connectivity index (χ2n) is 5.58. The van der Waals surface area contributed by atoms with Crippen molar-refractivity contribution >= 4 is 12.0 Å². The molecule has 0 fully saturated rings. The summed E-state index contributed by atoms with van der Waals surface area (Å²) in [4.78, 5) is 24.6. The van der Waals surface area contributed by atoms with Crippen molar-refractivity contribution in [3.8, 4) is 0 Å². The van der Waals surface area contributed by atoms with Crippen molar-refractivity contribution in [2.45, 2.75) is 19.4 Å². The van der Waals surface area contributed by atoms with Crippen LogP contribution in [0, 0.1) is 0 Å². The van der Waals surface area contributed by atoms with Crippen LogP contribution in [0.25, 0.3) is 0 Å². The van der Waals surface area contributed by atoms with Crippen molar-refractivity contribution in [3.63, 3.8) is 0 Å². The highest BCUT2D eigenvalue weighted by molar-refractivity contribution is 5.95. The number of nitrogens with one attached hydrogen (secondary N) is 3. The third-order valence-electron chi connectivity index (χ3n) is 3.79. The lowest BCUT2D eigenvalue weighted by molar-refractivity contribution is -0.139. The van der Waals surface area contributed by atoms with E-state index >= 15 is 0 Å². The number of amides is 2. The number of urea groups is 1. The van der Waals surface area contributed by atoms with E-state index in [1.807, 2.05) is 30.3 Å². The largest absolute Gasteiger partial charge is 0.463 e. The topological polar surface area (TPSA) is 88.7 Å². The van der Waals surface area contributed by atoms with E-state index in [0.29, 0.717) is 31.0 Å². The number of benzene rings is 1. The van der Waals surface area contributed by atoms with Crippen LogP contribution in [0.5, 0.6) is 0 Å². The Labute approximate surface area is 147 Å². The molecule has 1 atom stereocenters. The van der Waals surface area contributed by atoms with E-state index in [1.165, 1.54) is 0 Å². The van der Waals surface area contributed by atoms with Crippen LogP contribution in [-0.4, -0.2) is 45.4 Å². The summed E-state index contributed by atoms with van der Waals surface area (Å²) in [5, 5.41) is 8.76. The molecule has 0 aromatic heterocycles. The van der Waals surface area contributed by atoms with E-state index in [0.717, 1.165) is 12.0 Å². The molecule has 1 aliphatic heterocycles. The average Bonchev–Trinajstić information content (AvgIpc) is 2.62. The predicted octanol–water partition coefficient (Wildman–Crippen LogP) is 1.48. The summed E-state index contributed by atoms with van der Waals surface area (Å²) in [7, 11) is 1.65. The van der Waals surface area contributed by atoms with E-state index in [9.17, 15) is 9.59 Å². The van der Waals surface area contributed by atoms with Gasteiger partial charge >= 0.3 is 12.0 Å². The molecule has 7 heteroatoms. The van der Waals surface area contributed by atoms with E-state index in [4.69, 9.17) is 9.47 Å². The van der Waals surface area contributed by atoms with Gasteiger partial charge in [-0.3, -0.25) is 0 Å². The highest BCUT2D eigenvalue weighted by Crippen LogP contribution is 2.27. The minimum absolute atomic E-state index is 0.270. The zero-order valence-corrected chi connectivity index (χ0v) is 14.6. The fourth-order valence-corrected chi connectivity index (χ4v) is 2.66. The SMILES string of the molecule is CCOC(=O)C1=C(CNCCCOC)NC(=O)NC1c1ccccc1. The highest BCUT2D eigenvalue weighted by Gasteiger charge is 2.33. The molecule has 2 rings (SSSR count). The van der Waals surface area contributed by atoms with E-state index < -0.39 is 12.0 Å². The maximum absolute atomic E-state index is 12.5. The number of carbonyl (C=O) groups excluding carboxylic acids is 2. The molecule has 1 aromatic rings. The van der Waals surface area contributed by atoms with Gasteiger partial charge in [-0.15, -0.1) is 0 Å². The number of hydrogen-bond acceptors (Lipinski definition) is 5. The van der Waals surface area contributed by atoms with Gasteiger partial charge in [0.15, 0.2) is 0 Å². The third kappa shape index (κ3) is 5.30.